The molecule has 1 fully saturated rings. The van der Waals surface area contributed by atoms with Crippen LogP contribution in [0.25, 0.3) is 10.2 Å². The molecule has 2 aromatic carbocycles. The SMILES string of the molecule is COc1ccc(C[C@@H]2NC(=O)[C@H](CC(C)C)NC(=O)CN(C(=O)CCc3nc4ccccc4s3)C[C@H](C(C)C)NC(=O)[C@@H](C)NC2=O)cc1. The Morgan fingerprint density at radius 3 is 2.27 bits per heavy atom. The highest BCUT2D eigenvalue weighted by Crippen LogP contribution is 2.23. The zero-order chi connectivity index (χ0) is 35.7. The van der Waals surface area contributed by atoms with Crippen molar-refractivity contribution in [1.82, 2.24) is 31.2 Å². The summed E-state index contributed by atoms with van der Waals surface area (Å²) in [6.45, 7) is 9.03. The first-order chi connectivity index (χ1) is 23.3. The molecule has 1 aliphatic heterocycles. The van der Waals surface area contributed by atoms with Crippen LogP contribution in [0.2, 0.25) is 0 Å². The summed E-state index contributed by atoms with van der Waals surface area (Å²) in [5.74, 6) is -1.73. The molecular weight excluding hydrogens is 644 g/mol. The number of aromatic nitrogens is 1. The van der Waals surface area contributed by atoms with Gasteiger partial charge in [-0.15, -0.1) is 11.3 Å². The Morgan fingerprint density at radius 2 is 1.61 bits per heavy atom. The number of nitrogens with zero attached hydrogens (tertiary/aromatic N) is 2. The van der Waals surface area contributed by atoms with Crippen molar-refractivity contribution in [3.05, 3.63) is 59.1 Å². The van der Waals surface area contributed by atoms with Gasteiger partial charge in [0.25, 0.3) is 0 Å². The van der Waals surface area contributed by atoms with Crippen LogP contribution in [0.15, 0.2) is 48.5 Å². The van der Waals surface area contributed by atoms with Gasteiger partial charge in [0.2, 0.25) is 29.5 Å². The Morgan fingerprint density at radius 1 is 0.918 bits per heavy atom. The van der Waals surface area contributed by atoms with E-state index in [0.717, 1.165) is 20.8 Å². The van der Waals surface area contributed by atoms with E-state index in [1.807, 2.05) is 52.0 Å². The molecule has 1 aliphatic rings. The van der Waals surface area contributed by atoms with E-state index in [4.69, 9.17) is 4.74 Å². The third kappa shape index (κ3) is 10.7. The molecule has 3 aromatic rings. The maximum absolute atomic E-state index is 13.7. The van der Waals surface area contributed by atoms with Crippen molar-refractivity contribution in [1.29, 1.82) is 0 Å². The fourth-order valence-electron chi connectivity index (χ4n) is 5.60. The van der Waals surface area contributed by atoms with Crippen LogP contribution in [0.5, 0.6) is 5.75 Å². The third-order valence-corrected chi connectivity index (χ3v) is 9.57. The van der Waals surface area contributed by atoms with E-state index in [1.165, 1.54) is 16.2 Å². The van der Waals surface area contributed by atoms with Crippen molar-refractivity contribution in [2.75, 3.05) is 20.2 Å². The Kier molecular flexibility index (Phi) is 13.1. The molecule has 4 atom stereocenters. The number of amides is 5. The van der Waals surface area contributed by atoms with Crippen LogP contribution in [0.3, 0.4) is 0 Å². The number of fused-ring (bicyclic) bond motifs is 1. The minimum atomic E-state index is -1.03. The Bertz CT molecular complexity index is 1590. The highest BCUT2D eigenvalue weighted by atomic mass is 32.1. The molecule has 264 valence electrons. The Hall–Kier alpha value is -4.52. The number of rotatable bonds is 9. The molecule has 0 spiro atoms. The second-order valence-electron chi connectivity index (χ2n) is 13.3. The lowest BCUT2D eigenvalue weighted by molar-refractivity contribution is -0.138. The van der Waals surface area contributed by atoms with Gasteiger partial charge in [0.1, 0.15) is 23.9 Å². The second kappa shape index (κ2) is 17.2. The molecule has 2 heterocycles. The van der Waals surface area contributed by atoms with Gasteiger partial charge in [-0.25, -0.2) is 4.98 Å². The summed E-state index contributed by atoms with van der Waals surface area (Å²) >= 11 is 1.52. The van der Waals surface area contributed by atoms with E-state index in [-0.39, 0.29) is 43.7 Å². The molecule has 1 aromatic heterocycles. The lowest BCUT2D eigenvalue weighted by Gasteiger charge is -2.31. The van der Waals surface area contributed by atoms with Gasteiger partial charge in [0.15, 0.2) is 0 Å². The highest BCUT2D eigenvalue weighted by molar-refractivity contribution is 7.18. The average Bonchev–Trinajstić information content (AvgIpc) is 3.48. The lowest BCUT2D eigenvalue weighted by Crippen LogP contribution is -2.57. The molecule has 0 unspecified atom stereocenters. The number of benzene rings is 2. The molecule has 0 aliphatic carbocycles. The molecule has 0 radical (unpaired) electrons. The summed E-state index contributed by atoms with van der Waals surface area (Å²) in [4.78, 5) is 74.1. The predicted molar refractivity (Wildman–Crippen MR) is 189 cm³/mol. The average molecular weight is 693 g/mol. The third-order valence-electron chi connectivity index (χ3n) is 8.47. The zero-order valence-electron chi connectivity index (χ0n) is 29.1. The first kappa shape index (κ1) is 37.3. The number of thiazole rings is 1. The van der Waals surface area contributed by atoms with E-state index >= 15 is 0 Å². The topological polar surface area (TPSA) is 159 Å². The second-order valence-corrected chi connectivity index (χ2v) is 14.4. The standard InChI is InChI=1S/C36H48N6O6S/c1-21(2)17-27-36(47)40-28(18-24-11-13-25(48-6)14-12-24)35(46)37-23(5)34(45)41-29(22(3)4)19-42(20-31(43)38-27)33(44)16-15-32-39-26-9-7-8-10-30(26)49-32/h7-14,21-23,27-29H,15-20H2,1-6H3,(H,37,46)(H,38,43)(H,40,47)(H,41,45)/t23-,27+,28+,29-/m1/s1. The van der Waals surface area contributed by atoms with Crippen LogP contribution >= 0.6 is 11.3 Å². The molecule has 5 amide bonds. The molecule has 4 rings (SSSR count). The number of carbonyl (C=O) groups is 5. The van der Waals surface area contributed by atoms with E-state index in [9.17, 15) is 24.0 Å². The summed E-state index contributed by atoms with van der Waals surface area (Å²) in [6, 6.07) is 11.4. The predicted octanol–water partition coefficient (Wildman–Crippen LogP) is 2.98. The first-order valence-corrected chi connectivity index (χ1v) is 17.6. The van der Waals surface area contributed by atoms with Crippen LogP contribution in [0.1, 0.15) is 58.0 Å². The lowest BCUT2D eigenvalue weighted by atomic mass is 10.0. The highest BCUT2D eigenvalue weighted by Gasteiger charge is 2.32. The smallest absolute Gasteiger partial charge is 0.243 e. The number of aryl methyl sites for hydroxylation is 1. The van der Waals surface area contributed by atoms with Crippen LogP contribution in [0.4, 0.5) is 0 Å². The van der Waals surface area contributed by atoms with Gasteiger partial charge in [-0.05, 0) is 55.0 Å². The van der Waals surface area contributed by atoms with Crippen LogP contribution in [0, 0.1) is 11.8 Å². The number of hydrogen-bond acceptors (Lipinski definition) is 8. The Balaban J connectivity index is 1.60. The number of methoxy groups -OCH3 is 1. The number of para-hydroxylation sites is 1. The monoisotopic (exact) mass is 692 g/mol. The van der Waals surface area contributed by atoms with Crippen molar-refractivity contribution in [3.8, 4) is 5.75 Å². The Labute approximate surface area is 291 Å². The number of hydrogen-bond donors (Lipinski definition) is 4. The molecule has 49 heavy (non-hydrogen) atoms. The van der Waals surface area contributed by atoms with E-state index < -0.39 is 47.8 Å². The fourth-order valence-corrected chi connectivity index (χ4v) is 6.56. The number of nitrogens with one attached hydrogen (secondary N) is 4. The minimum Gasteiger partial charge on any atom is -0.497 e. The van der Waals surface area contributed by atoms with Gasteiger partial charge < -0.3 is 30.9 Å². The zero-order valence-corrected chi connectivity index (χ0v) is 29.9. The van der Waals surface area contributed by atoms with Crippen molar-refractivity contribution in [3.63, 3.8) is 0 Å². The van der Waals surface area contributed by atoms with Gasteiger partial charge in [0.05, 0.1) is 28.9 Å². The van der Waals surface area contributed by atoms with Crippen LogP contribution in [-0.4, -0.2) is 83.8 Å². The largest absolute Gasteiger partial charge is 0.497 e. The molecule has 0 saturated carbocycles. The van der Waals surface area contributed by atoms with Crippen molar-refractivity contribution >= 4 is 51.1 Å². The van der Waals surface area contributed by atoms with E-state index in [2.05, 4.69) is 26.3 Å². The van der Waals surface area contributed by atoms with Gasteiger partial charge >= 0.3 is 0 Å². The molecule has 13 heteroatoms. The van der Waals surface area contributed by atoms with Crippen molar-refractivity contribution in [2.24, 2.45) is 11.8 Å². The fraction of sp³-hybridized carbons (Fsp3) is 0.500. The van der Waals surface area contributed by atoms with Gasteiger partial charge in [-0.3, -0.25) is 24.0 Å². The summed E-state index contributed by atoms with van der Waals surface area (Å²) in [7, 11) is 1.56. The first-order valence-electron chi connectivity index (χ1n) is 16.8. The van der Waals surface area contributed by atoms with Crippen molar-refractivity contribution < 1.29 is 28.7 Å². The molecule has 4 N–H and O–H groups in total. The van der Waals surface area contributed by atoms with Gasteiger partial charge in [0, 0.05) is 31.8 Å². The molecule has 0 bridgehead atoms. The maximum atomic E-state index is 13.7. The summed E-state index contributed by atoms with van der Waals surface area (Å²) in [5.41, 5.74) is 1.63. The maximum Gasteiger partial charge on any atom is 0.243 e. The summed E-state index contributed by atoms with van der Waals surface area (Å²) in [5, 5.41) is 12.2. The van der Waals surface area contributed by atoms with Crippen molar-refractivity contribution in [2.45, 2.75) is 84.5 Å². The number of carbonyl (C=O) groups excluding carboxylic acids is 5. The summed E-state index contributed by atoms with van der Waals surface area (Å²) < 4.78 is 6.27. The van der Waals surface area contributed by atoms with E-state index in [1.54, 1.807) is 38.3 Å². The van der Waals surface area contributed by atoms with E-state index in [0.29, 0.717) is 18.6 Å². The quantitative estimate of drug-likeness (QED) is 0.269. The summed E-state index contributed by atoms with van der Waals surface area (Å²) in [6.07, 6.45) is 0.960. The molecule has 1 saturated heterocycles. The number of ether oxygens (including phenoxy) is 1. The molecule has 12 nitrogen and oxygen atoms in total. The van der Waals surface area contributed by atoms with Gasteiger partial charge in [-0.1, -0.05) is 52.0 Å². The van der Waals surface area contributed by atoms with Gasteiger partial charge in [-0.2, -0.15) is 0 Å². The van der Waals surface area contributed by atoms with Crippen LogP contribution in [-0.2, 0) is 36.8 Å². The minimum absolute atomic E-state index is 0.0331. The molecular formula is C36H48N6O6S. The normalized spacial score (nSPS) is 21.4. The van der Waals surface area contributed by atoms with Crippen LogP contribution < -0.4 is 26.0 Å².